The summed E-state index contributed by atoms with van der Waals surface area (Å²) in [6.45, 7) is 2.91. The molecule has 0 amide bonds. The van der Waals surface area contributed by atoms with Gasteiger partial charge >= 0.3 is 12.1 Å². The van der Waals surface area contributed by atoms with Crippen molar-refractivity contribution in [3.8, 4) is 16.2 Å². The average Bonchev–Trinajstić information content (AvgIpc) is 3.12. The summed E-state index contributed by atoms with van der Waals surface area (Å²) in [5, 5.41) is 8.78. The van der Waals surface area contributed by atoms with E-state index in [0.717, 1.165) is 34.3 Å². The van der Waals surface area contributed by atoms with Crippen molar-refractivity contribution in [2.24, 2.45) is 0 Å². The van der Waals surface area contributed by atoms with Crippen LogP contribution in [0.25, 0.3) is 10.4 Å². The predicted molar refractivity (Wildman–Crippen MR) is 114 cm³/mol. The molecule has 0 spiro atoms. The fraction of sp³-hybridized carbons (Fsp3) is 0.304. The highest BCUT2D eigenvalue weighted by molar-refractivity contribution is 7.09. The lowest BCUT2D eigenvalue weighted by Crippen LogP contribution is -2.11. The number of hydrogen-bond donors (Lipinski definition) is 1. The van der Waals surface area contributed by atoms with E-state index in [9.17, 15) is 22.4 Å². The number of benzene rings is 2. The number of carboxylic acids is 1. The van der Waals surface area contributed by atoms with E-state index in [1.54, 1.807) is 0 Å². The fourth-order valence-corrected chi connectivity index (χ4v) is 4.38. The summed E-state index contributed by atoms with van der Waals surface area (Å²) in [5.41, 5.74) is 2.53. The van der Waals surface area contributed by atoms with E-state index in [4.69, 9.17) is 9.84 Å². The summed E-state index contributed by atoms with van der Waals surface area (Å²) in [5.74, 6) is -1.22. The van der Waals surface area contributed by atoms with Crippen molar-refractivity contribution in [2.45, 2.75) is 46.1 Å². The molecule has 0 aliphatic carbocycles. The zero-order chi connectivity index (χ0) is 23.5. The molecule has 0 aliphatic heterocycles. The van der Waals surface area contributed by atoms with Gasteiger partial charge in [-0.1, -0.05) is 29.8 Å². The maximum absolute atomic E-state index is 13.5. The van der Waals surface area contributed by atoms with Crippen molar-refractivity contribution in [1.29, 1.82) is 0 Å². The van der Waals surface area contributed by atoms with Gasteiger partial charge in [-0.3, -0.25) is 4.79 Å². The molecule has 2 aromatic carbocycles. The lowest BCUT2D eigenvalue weighted by molar-refractivity contribution is -0.140. The van der Waals surface area contributed by atoms with Crippen LogP contribution in [0.1, 0.15) is 39.9 Å². The second-order valence-electron chi connectivity index (χ2n) is 7.39. The van der Waals surface area contributed by atoms with Gasteiger partial charge in [-0.25, -0.2) is 4.39 Å². The maximum atomic E-state index is 13.5. The Kier molecular flexibility index (Phi) is 7.18. The summed E-state index contributed by atoms with van der Waals surface area (Å²) in [4.78, 5) is 11.5. The second kappa shape index (κ2) is 9.68. The van der Waals surface area contributed by atoms with E-state index >= 15 is 0 Å². The zero-order valence-electron chi connectivity index (χ0n) is 17.4. The molecule has 0 fully saturated rings. The largest absolute Gasteiger partial charge is 0.489 e. The molecule has 1 aromatic heterocycles. The third-order valence-electron chi connectivity index (χ3n) is 5.00. The number of rotatable bonds is 8. The summed E-state index contributed by atoms with van der Waals surface area (Å²) in [6.07, 6.45) is -5.32. The molecule has 0 saturated carbocycles. The molecule has 0 aliphatic rings. The van der Waals surface area contributed by atoms with Gasteiger partial charge in [0.15, 0.2) is 0 Å². The summed E-state index contributed by atoms with van der Waals surface area (Å²) >= 11 is 1.12. The van der Waals surface area contributed by atoms with Gasteiger partial charge in [0.2, 0.25) is 0 Å². The van der Waals surface area contributed by atoms with Crippen LogP contribution in [-0.2, 0) is 30.7 Å². The molecule has 32 heavy (non-hydrogen) atoms. The number of hydrogen-bond acceptors (Lipinski definition) is 4. The third-order valence-corrected chi connectivity index (χ3v) is 5.96. The van der Waals surface area contributed by atoms with Gasteiger partial charge in [0, 0.05) is 12.0 Å². The zero-order valence-corrected chi connectivity index (χ0v) is 18.2. The van der Waals surface area contributed by atoms with Crippen LogP contribution in [0, 0.1) is 13.8 Å². The van der Waals surface area contributed by atoms with E-state index in [1.807, 2.05) is 32.0 Å². The minimum absolute atomic E-state index is 0.0426. The Morgan fingerprint density at radius 1 is 1.16 bits per heavy atom. The molecule has 170 valence electrons. The first-order chi connectivity index (χ1) is 15.1. The maximum Gasteiger partial charge on any atom is 0.416 e. The molecule has 0 unspecified atom stereocenters. The molecule has 4 nitrogen and oxygen atoms in total. The van der Waals surface area contributed by atoms with Crippen molar-refractivity contribution in [3.63, 3.8) is 0 Å². The van der Waals surface area contributed by atoms with Crippen LogP contribution in [0.5, 0.6) is 5.75 Å². The topological polar surface area (TPSA) is 59.4 Å². The first-order valence-corrected chi connectivity index (χ1v) is 10.5. The minimum Gasteiger partial charge on any atom is -0.489 e. The predicted octanol–water partition coefficient (Wildman–Crippen LogP) is 6.51. The molecule has 3 aromatic rings. The van der Waals surface area contributed by atoms with Crippen LogP contribution in [0.4, 0.5) is 17.6 Å². The second-order valence-corrected chi connectivity index (χ2v) is 8.16. The van der Waals surface area contributed by atoms with E-state index < -0.39 is 30.8 Å². The number of ether oxygens (including phenoxy) is 1. The smallest absolute Gasteiger partial charge is 0.416 e. The number of nitrogens with zero attached hydrogens (tertiary/aromatic N) is 1. The van der Waals surface area contributed by atoms with Crippen molar-refractivity contribution in [2.75, 3.05) is 0 Å². The number of alkyl halides is 4. The number of aromatic nitrogens is 1. The molecular formula is C23H21F4NO3S. The summed E-state index contributed by atoms with van der Waals surface area (Å²) in [6, 6.07) is 9.24. The molecule has 0 atom stereocenters. The Bertz CT molecular complexity index is 1120. The molecule has 1 heterocycles. The minimum atomic E-state index is -4.66. The highest BCUT2D eigenvalue weighted by atomic mass is 32.1. The van der Waals surface area contributed by atoms with Crippen LogP contribution in [-0.4, -0.2) is 15.4 Å². The van der Waals surface area contributed by atoms with E-state index in [2.05, 4.69) is 4.37 Å². The Morgan fingerprint density at radius 2 is 1.91 bits per heavy atom. The van der Waals surface area contributed by atoms with Gasteiger partial charge in [-0.15, -0.1) is 0 Å². The van der Waals surface area contributed by atoms with E-state index in [1.165, 1.54) is 12.1 Å². The molecular weight excluding hydrogens is 446 g/mol. The number of halogens is 4. The Balaban J connectivity index is 1.90. The van der Waals surface area contributed by atoms with Gasteiger partial charge in [-0.2, -0.15) is 17.5 Å². The number of carboxylic acid groups (broad SMARTS) is 1. The molecule has 1 N–H and O–H groups in total. The summed E-state index contributed by atoms with van der Waals surface area (Å²) < 4.78 is 63.7. The van der Waals surface area contributed by atoms with Crippen LogP contribution in [0.3, 0.4) is 0 Å². The van der Waals surface area contributed by atoms with Crippen molar-refractivity contribution in [3.05, 3.63) is 69.9 Å². The number of carbonyl (C=O) groups is 1. The molecule has 0 saturated heterocycles. The van der Waals surface area contributed by atoms with Crippen LogP contribution < -0.4 is 4.74 Å². The van der Waals surface area contributed by atoms with Gasteiger partial charge < -0.3 is 9.84 Å². The highest BCUT2D eigenvalue weighted by Crippen LogP contribution is 2.37. The number of aliphatic carboxylic acids is 1. The Hall–Kier alpha value is -2.94. The van der Waals surface area contributed by atoms with Crippen LogP contribution in [0.2, 0.25) is 0 Å². The van der Waals surface area contributed by atoms with Crippen LogP contribution >= 0.6 is 11.5 Å². The van der Waals surface area contributed by atoms with Crippen LogP contribution in [0.15, 0.2) is 36.4 Å². The molecule has 0 bridgehead atoms. The number of aryl methyl sites for hydroxylation is 3. The summed E-state index contributed by atoms with van der Waals surface area (Å²) in [7, 11) is 0. The lowest BCUT2D eigenvalue weighted by Gasteiger charge is -2.15. The highest BCUT2D eigenvalue weighted by Gasteiger charge is 2.34. The van der Waals surface area contributed by atoms with Gasteiger partial charge in [0.1, 0.15) is 19.0 Å². The fourth-order valence-electron chi connectivity index (χ4n) is 3.40. The average molecular weight is 467 g/mol. The first kappa shape index (κ1) is 23.7. The lowest BCUT2D eigenvalue weighted by atomic mass is 10.0. The van der Waals surface area contributed by atoms with Crippen molar-refractivity contribution in [1.82, 2.24) is 4.37 Å². The molecule has 9 heteroatoms. The third kappa shape index (κ3) is 5.45. The SMILES string of the molecule is Cc1ccc(-c2snc(CF)c2COc2ccc(CCC(=O)O)c(C(F)(F)F)c2)c(C)c1. The standard InChI is InChI=1S/C23H21F4NO3S/c1-13-3-7-17(14(2)9-13)22-18(20(11-24)28-32-22)12-31-16-6-4-15(5-8-21(29)30)19(10-16)23(25,26)27/h3-4,6-7,9-10H,5,8,11-12H2,1-2H3,(H,29,30). The van der Waals surface area contributed by atoms with Gasteiger partial charge in [-0.05, 0) is 60.6 Å². The van der Waals surface area contributed by atoms with E-state index in [0.29, 0.717) is 10.4 Å². The Labute approximate surface area is 186 Å². The monoisotopic (exact) mass is 467 g/mol. The normalized spacial score (nSPS) is 11.6. The molecule has 3 rings (SSSR count). The molecule has 0 radical (unpaired) electrons. The first-order valence-electron chi connectivity index (χ1n) is 9.76. The Morgan fingerprint density at radius 3 is 2.53 bits per heavy atom. The quantitative estimate of drug-likeness (QED) is 0.384. The van der Waals surface area contributed by atoms with Crippen molar-refractivity contribution >= 4 is 17.5 Å². The van der Waals surface area contributed by atoms with Gasteiger partial charge in [0.25, 0.3) is 0 Å². The van der Waals surface area contributed by atoms with Gasteiger partial charge in [0.05, 0.1) is 16.1 Å². The van der Waals surface area contributed by atoms with Crippen molar-refractivity contribution < 1.29 is 32.2 Å². The van der Waals surface area contributed by atoms with E-state index in [-0.39, 0.29) is 30.0 Å².